The van der Waals surface area contributed by atoms with Crippen LogP contribution >= 0.6 is 0 Å². The lowest BCUT2D eigenvalue weighted by molar-refractivity contribution is 0.0699. The molecule has 122 valence electrons. The van der Waals surface area contributed by atoms with Crippen LogP contribution in [0.3, 0.4) is 0 Å². The normalized spacial score (nSPS) is 11.4. The summed E-state index contributed by atoms with van der Waals surface area (Å²) in [5.74, 6) is -0.910. The summed E-state index contributed by atoms with van der Waals surface area (Å²) in [6.07, 6.45) is 0. The van der Waals surface area contributed by atoms with Gasteiger partial charge in [-0.25, -0.2) is 4.79 Å². The highest BCUT2D eigenvalue weighted by atomic mass is 32.2. The van der Waals surface area contributed by atoms with Gasteiger partial charge in [0.05, 0.1) is 5.56 Å². The van der Waals surface area contributed by atoms with Gasteiger partial charge in [0.25, 0.3) is 0 Å². The summed E-state index contributed by atoms with van der Waals surface area (Å²) in [5.41, 5.74) is 1.10. The van der Waals surface area contributed by atoms with Crippen molar-refractivity contribution in [2.24, 2.45) is 0 Å². The lowest BCUT2D eigenvalue weighted by atomic mass is 10.0. The second-order valence-electron chi connectivity index (χ2n) is 5.34. The molecule has 0 spiro atoms. The van der Waals surface area contributed by atoms with Gasteiger partial charge in [-0.3, -0.25) is 0 Å². The summed E-state index contributed by atoms with van der Waals surface area (Å²) >= 11 is 0. The molecule has 3 aromatic carbocycles. The second kappa shape index (κ2) is 5.98. The van der Waals surface area contributed by atoms with Crippen molar-refractivity contribution >= 4 is 26.9 Å². The van der Waals surface area contributed by atoms with E-state index in [1.54, 1.807) is 30.3 Å². The van der Waals surface area contributed by atoms with Crippen molar-refractivity contribution in [2.45, 2.75) is 11.8 Å². The van der Waals surface area contributed by atoms with Gasteiger partial charge < -0.3 is 9.29 Å². The van der Waals surface area contributed by atoms with Gasteiger partial charge in [0.1, 0.15) is 10.6 Å². The fraction of sp³-hybridized carbons (Fsp3) is 0.0556. The molecule has 0 atom stereocenters. The minimum atomic E-state index is -3.94. The fourth-order valence-electron chi connectivity index (χ4n) is 2.38. The fourth-order valence-corrected chi connectivity index (χ4v) is 3.30. The predicted molar refractivity (Wildman–Crippen MR) is 89.9 cm³/mol. The van der Waals surface area contributed by atoms with Crippen LogP contribution in [0.1, 0.15) is 15.9 Å². The molecule has 0 saturated heterocycles. The summed E-state index contributed by atoms with van der Waals surface area (Å²) < 4.78 is 29.8. The van der Waals surface area contributed by atoms with E-state index in [0.717, 1.165) is 5.56 Å². The van der Waals surface area contributed by atoms with Crippen LogP contribution in [0.2, 0.25) is 0 Å². The zero-order chi connectivity index (χ0) is 17.3. The van der Waals surface area contributed by atoms with Crippen LogP contribution in [0.5, 0.6) is 5.75 Å². The first-order valence-corrected chi connectivity index (χ1v) is 8.55. The van der Waals surface area contributed by atoms with Crippen molar-refractivity contribution < 1.29 is 22.5 Å². The van der Waals surface area contributed by atoms with E-state index in [1.165, 1.54) is 30.3 Å². The average Bonchev–Trinajstić information content (AvgIpc) is 2.54. The van der Waals surface area contributed by atoms with Crippen molar-refractivity contribution in [1.29, 1.82) is 0 Å². The predicted octanol–water partition coefficient (Wildman–Crippen LogP) is 3.61. The molecule has 5 nitrogen and oxygen atoms in total. The zero-order valence-corrected chi connectivity index (χ0v) is 13.6. The SMILES string of the molecule is Cc1ccc(S(=O)(=O)Oc2ccc3c(C(=O)O)cccc3c2)cc1. The van der Waals surface area contributed by atoms with E-state index in [9.17, 15) is 18.3 Å². The first-order valence-electron chi connectivity index (χ1n) is 7.14. The number of hydrogen-bond acceptors (Lipinski definition) is 4. The Morgan fingerprint density at radius 1 is 1.00 bits per heavy atom. The molecular weight excluding hydrogens is 328 g/mol. The quantitative estimate of drug-likeness (QED) is 0.733. The van der Waals surface area contributed by atoms with E-state index in [-0.39, 0.29) is 16.2 Å². The number of carboxylic acids is 1. The van der Waals surface area contributed by atoms with Crippen LogP contribution in [0.15, 0.2) is 65.6 Å². The van der Waals surface area contributed by atoms with E-state index in [4.69, 9.17) is 4.18 Å². The molecule has 3 aromatic rings. The Bertz CT molecular complexity index is 1020. The Hall–Kier alpha value is -2.86. The smallest absolute Gasteiger partial charge is 0.339 e. The molecule has 0 aromatic heterocycles. The molecule has 24 heavy (non-hydrogen) atoms. The number of hydrogen-bond donors (Lipinski definition) is 1. The highest BCUT2D eigenvalue weighted by molar-refractivity contribution is 7.87. The van der Waals surface area contributed by atoms with E-state index < -0.39 is 16.1 Å². The number of carbonyl (C=O) groups is 1. The lowest BCUT2D eigenvalue weighted by Crippen LogP contribution is -2.09. The molecule has 0 radical (unpaired) electrons. The summed E-state index contributed by atoms with van der Waals surface area (Å²) in [6, 6.07) is 15.6. The maximum absolute atomic E-state index is 12.3. The molecule has 0 fully saturated rings. The number of carboxylic acid groups (broad SMARTS) is 1. The van der Waals surface area contributed by atoms with Crippen molar-refractivity contribution in [3.63, 3.8) is 0 Å². The lowest BCUT2D eigenvalue weighted by Gasteiger charge is -2.09. The second-order valence-corrected chi connectivity index (χ2v) is 6.89. The molecule has 3 rings (SSSR count). The molecule has 0 aliphatic carbocycles. The minimum absolute atomic E-state index is 0.0625. The van der Waals surface area contributed by atoms with Gasteiger partial charge in [0.2, 0.25) is 0 Å². The van der Waals surface area contributed by atoms with Crippen LogP contribution < -0.4 is 4.18 Å². The average molecular weight is 342 g/mol. The molecule has 0 unspecified atom stereocenters. The third-order valence-electron chi connectivity index (χ3n) is 3.60. The van der Waals surface area contributed by atoms with Crippen LogP contribution in [0.4, 0.5) is 0 Å². The first kappa shape index (κ1) is 16.0. The molecule has 0 aliphatic rings. The van der Waals surface area contributed by atoms with E-state index >= 15 is 0 Å². The van der Waals surface area contributed by atoms with Gasteiger partial charge in [-0.15, -0.1) is 0 Å². The maximum atomic E-state index is 12.3. The Morgan fingerprint density at radius 3 is 2.38 bits per heavy atom. The monoisotopic (exact) mass is 342 g/mol. The molecule has 6 heteroatoms. The molecule has 0 amide bonds. The third kappa shape index (κ3) is 3.09. The highest BCUT2D eigenvalue weighted by Gasteiger charge is 2.17. The van der Waals surface area contributed by atoms with Gasteiger partial charge in [-0.05, 0) is 54.1 Å². The molecule has 0 bridgehead atoms. The minimum Gasteiger partial charge on any atom is -0.478 e. The van der Waals surface area contributed by atoms with Crippen LogP contribution in [0, 0.1) is 6.92 Å². The Labute approximate surface area is 139 Å². The molecular formula is C18H14O5S. The first-order chi connectivity index (χ1) is 11.4. The molecule has 1 N–H and O–H groups in total. The van der Waals surface area contributed by atoms with Crippen molar-refractivity contribution in [1.82, 2.24) is 0 Å². The molecule has 0 saturated carbocycles. The largest absolute Gasteiger partial charge is 0.478 e. The van der Waals surface area contributed by atoms with Crippen LogP contribution in [-0.2, 0) is 10.1 Å². The Morgan fingerprint density at radius 2 is 1.71 bits per heavy atom. The summed E-state index contributed by atoms with van der Waals surface area (Å²) in [6.45, 7) is 1.86. The molecule has 0 aliphatic heterocycles. The zero-order valence-electron chi connectivity index (χ0n) is 12.8. The Kier molecular flexibility index (Phi) is 3.99. The van der Waals surface area contributed by atoms with E-state index in [1.807, 2.05) is 6.92 Å². The Balaban J connectivity index is 1.98. The van der Waals surface area contributed by atoms with Crippen LogP contribution in [0.25, 0.3) is 10.8 Å². The maximum Gasteiger partial charge on any atom is 0.339 e. The van der Waals surface area contributed by atoms with Gasteiger partial charge >= 0.3 is 16.1 Å². The van der Waals surface area contributed by atoms with Gasteiger partial charge in [0, 0.05) is 0 Å². The topological polar surface area (TPSA) is 80.7 Å². The molecule has 0 heterocycles. The number of benzene rings is 3. The van der Waals surface area contributed by atoms with Gasteiger partial charge in [0.15, 0.2) is 0 Å². The third-order valence-corrected chi connectivity index (χ3v) is 4.86. The number of fused-ring (bicyclic) bond motifs is 1. The van der Waals surface area contributed by atoms with Crippen molar-refractivity contribution in [3.05, 3.63) is 71.8 Å². The summed E-state index contributed by atoms with van der Waals surface area (Å²) in [4.78, 5) is 11.3. The van der Waals surface area contributed by atoms with Crippen molar-refractivity contribution in [3.8, 4) is 5.75 Å². The van der Waals surface area contributed by atoms with E-state index in [0.29, 0.717) is 10.8 Å². The van der Waals surface area contributed by atoms with Gasteiger partial charge in [-0.1, -0.05) is 29.8 Å². The van der Waals surface area contributed by atoms with E-state index in [2.05, 4.69) is 0 Å². The standard InChI is InChI=1S/C18H14O5S/c1-12-5-8-15(9-6-12)24(21,22)23-14-7-10-16-13(11-14)3-2-4-17(16)18(19)20/h2-11H,1H3,(H,19,20). The van der Waals surface area contributed by atoms with Gasteiger partial charge in [-0.2, -0.15) is 8.42 Å². The highest BCUT2D eigenvalue weighted by Crippen LogP contribution is 2.26. The summed E-state index contributed by atoms with van der Waals surface area (Å²) in [7, 11) is -3.94. The van der Waals surface area contributed by atoms with Crippen LogP contribution in [-0.4, -0.2) is 19.5 Å². The number of aryl methyl sites for hydroxylation is 1. The summed E-state index contributed by atoms with van der Waals surface area (Å²) in [5, 5.41) is 10.3. The number of aromatic carboxylic acids is 1. The number of rotatable bonds is 4. The van der Waals surface area contributed by atoms with Crippen molar-refractivity contribution in [2.75, 3.05) is 0 Å².